The maximum Gasteiger partial charge on any atom is 0.324 e. The van der Waals surface area contributed by atoms with Gasteiger partial charge in [0, 0.05) is 32.5 Å². The van der Waals surface area contributed by atoms with Crippen molar-refractivity contribution >= 4 is 17.8 Å². The number of halogens is 2. The average molecular weight is 464 g/mol. The lowest BCUT2D eigenvalue weighted by Crippen LogP contribution is -2.52. The number of carbonyl (C=O) groups is 2. The van der Waals surface area contributed by atoms with E-state index in [9.17, 15) is 18.4 Å². The van der Waals surface area contributed by atoms with Gasteiger partial charge in [0.2, 0.25) is 17.8 Å². The van der Waals surface area contributed by atoms with Crippen molar-refractivity contribution < 1.29 is 27.8 Å². The molecule has 0 spiro atoms. The normalized spacial score (nSPS) is 15.0. The number of hydrogen-bond donors (Lipinski definition) is 2. The minimum absolute atomic E-state index is 0.0336. The first kappa shape index (κ1) is 24.1. The van der Waals surface area contributed by atoms with Crippen molar-refractivity contribution in [2.45, 2.75) is 38.3 Å². The Hall–Kier alpha value is -3.57. The number of rotatable bonds is 8. The highest BCUT2D eigenvalue weighted by Crippen LogP contribution is 2.20. The molecule has 1 aromatic heterocycles. The molecule has 2 aromatic rings. The Morgan fingerprint density at radius 3 is 2.27 bits per heavy atom. The molecule has 1 saturated heterocycles. The summed E-state index contributed by atoms with van der Waals surface area (Å²) >= 11 is 0. The first-order valence-corrected chi connectivity index (χ1v) is 10.4. The zero-order valence-electron chi connectivity index (χ0n) is 18.6. The molecule has 3 rings (SSSR count). The van der Waals surface area contributed by atoms with Crippen LogP contribution in [0.5, 0.6) is 12.0 Å². The second kappa shape index (κ2) is 10.8. The summed E-state index contributed by atoms with van der Waals surface area (Å²) in [5, 5.41) is 5.52. The third-order valence-electron chi connectivity index (χ3n) is 5.19. The van der Waals surface area contributed by atoms with Gasteiger partial charge in [-0.1, -0.05) is 6.07 Å². The molecule has 1 aromatic carbocycles. The molecule has 0 radical (unpaired) electrons. The largest absolute Gasteiger partial charge is 0.467 e. The number of nitrogens with one attached hydrogen (secondary N) is 2. The van der Waals surface area contributed by atoms with Gasteiger partial charge in [-0.25, -0.2) is 8.78 Å². The summed E-state index contributed by atoms with van der Waals surface area (Å²) in [6, 6.07) is 2.63. The Morgan fingerprint density at radius 2 is 1.73 bits per heavy atom. The zero-order chi connectivity index (χ0) is 24.0. The fraction of sp³-hybridized carbons (Fsp3) is 0.476. The Morgan fingerprint density at radius 1 is 1.09 bits per heavy atom. The maximum atomic E-state index is 13.5. The molecule has 178 valence electrons. The number of nitrogens with zero attached hydrogens (tertiary/aromatic N) is 4. The predicted octanol–water partition coefficient (Wildman–Crippen LogP) is 0.999. The lowest BCUT2D eigenvalue weighted by Gasteiger charge is -2.33. The van der Waals surface area contributed by atoms with E-state index in [4.69, 9.17) is 9.47 Å². The fourth-order valence-corrected chi connectivity index (χ4v) is 3.53. The quantitative estimate of drug-likeness (QED) is 0.594. The van der Waals surface area contributed by atoms with Gasteiger partial charge in [-0.05, 0) is 30.5 Å². The molecule has 1 aliphatic rings. The maximum absolute atomic E-state index is 13.5. The second-order valence-electron chi connectivity index (χ2n) is 7.58. The Bertz CT molecular complexity index is 978. The summed E-state index contributed by atoms with van der Waals surface area (Å²) < 4.78 is 36.9. The van der Waals surface area contributed by atoms with Gasteiger partial charge >= 0.3 is 12.0 Å². The van der Waals surface area contributed by atoms with Crippen LogP contribution in [-0.4, -0.2) is 66.2 Å². The molecule has 12 heteroatoms. The molecule has 1 fully saturated rings. The summed E-state index contributed by atoms with van der Waals surface area (Å²) in [7, 11) is 2.90. The number of anilines is 1. The van der Waals surface area contributed by atoms with E-state index in [0.29, 0.717) is 37.4 Å². The van der Waals surface area contributed by atoms with E-state index in [2.05, 4.69) is 25.6 Å². The zero-order valence-corrected chi connectivity index (χ0v) is 18.6. The van der Waals surface area contributed by atoms with Crippen molar-refractivity contribution in [3.63, 3.8) is 0 Å². The van der Waals surface area contributed by atoms with Gasteiger partial charge in [-0.2, -0.15) is 9.97 Å². The van der Waals surface area contributed by atoms with E-state index >= 15 is 0 Å². The summed E-state index contributed by atoms with van der Waals surface area (Å²) in [4.78, 5) is 38.8. The summed E-state index contributed by atoms with van der Waals surface area (Å²) in [6.45, 7) is 2.42. The molecule has 1 aliphatic heterocycles. The molecule has 0 bridgehead atoms. The van der Waals surface area contributed by atoms with Gasteiger partial charge in [0.05, 0.1) is 14.2 Å². The van der Waals surface area contributed by atoms with Gasteiger partial charge in [-0.3, -0.25) is 9.59 Å². The topological polar surface area (TPSA) is 119 Å². The van der Waals surface area contributed by atoms with Crippen molar-refractivity contribution in [3.8, 4) is 12.0 Å². The number of amides is 2. The van der Waals surface area contributed by atoms with Crippen LogP contribution < -0.4 is 25.0 Å². The van der Waals surface area contributed by atoms with Gasteiger partial charge in [0.15, 0.2) is 11.6 Å². The van der Waals surface area contributed by atoms with E-state index in [1.54, 1.807) is 0 Å². The number of ether oxygens (including phenoxy) is 2. The Kier molecular flexibility index (Phi) is 7.91. The molecule has 33 heavy (non-hydrogen) atoms. The van der Waals surface area contributed by atoms with Crippen molar-refractivity contribution in [2.75, 3.05) is 32.2 Å². The number of hydrogen-bond acceptors (Lipinski definition) is 8. The summed E-state index contributed by atoms with van der Waals surface area (Å²) in [6.07, 6.45) is 1.26. The molecule has 0 unspecified atom stereocenters. The number of carbonyl (C=O) groups excluding carboxylic acids is 2. The first-order chi connectivity index (χ1) is 15.8. The van der Waals surface area contributed by atoms with E-state index in [1.165, 1.54) is 27.2 Å². The number of aromatic nitrogens is 3. The third kappa shape index (κ3) is 6.46. The molecular formula is C21H26F2N6O4. The summed E-state index contributed by atoms with van der Waals surface area (Å²) in [5.41, 5.74) is 0.398. The second-order valence-corrected chi connectivity index (χ2v) is 7.58. The van der Waals surface area contributed by atoms with Crippen LogP contribution in [0.15, 0.2) is 18.2 Å². The van der Waals surface area contributed by atoms with Gasteiger partial charge < -0.3 is 25.0 Å². The lowest BCUT2D eigenvalue weighted by atomic mass is 10.0. The lowest BCUT2D eigenvalue weighted by molar-refractivity contribution is -0.128. The highest BCUT2D eigenvalue weighted by molar-refractivity contribution is 5.87. The van der Waals surface area contributed by atoms with E-state index in [0.717, 1.165) is 12.1 Å². The number of piperidine rings is 1. The van der Waals surface area contributed by atoms with Crippen LogP contribution in [0.3, 0.4) is 0 Å². The predicted molar refractivity (Wildman–Crippen MR) is 114 cm³/mol. The molecular weight excluding hydrogens is 438 g/mol. The molecule has 2 heterocycles. The Balaban J connectivity index is 1.61. The van der Waals surface area contributed by atoms with E-state index in [1.807, 2.05) is 4.90 Å². The summed E-state index contributed by atoms with van der Waals surface area (Å²) in [5.74, 6) is -2.35. The van der Waals surface area contributed by atoms with Crippen LogP contribution in [0.1, 0.15) is 25.3 Å². The molecule has 10 nitrogen and oxygen atoms in total. The SMILES string of the molecule is COc1nc(OC)nc(N2CCC(NC(=O)[C@@H](Cc3ccc(F)c(F)c3)NC(C)=O)CC2)n1. The highest BCUT2D eigenvalue weighted by atomic mass is 19.2. The number of methoxy groups -OCH3 is 2. The van der Waals surface area contributed by atoms with E-state index < -0.39 is 29.5 Å². The molecule has 1 atom stereocenters. The standard InChI is InChI=1S/C21H26F2N6O4/c1-12(30)24-17(11-13-4-5-15(22)16(23)10-13)18(31)25-14-6-8-29(9-7-14)19-26-20(32-2)28-21(27-19)33-3/h4-5,10,14,17H,6-9,11H2,1-3H3,(H,24,30)(H,25,31)/t17-/m1/s1. The van der Waals surface area contributed by atoms with E-state index in [-0.39, 0.29) is 24.5 Å². The fourth-order valence-electron chi connectivity index (χ4n) is 3.53. The average Bonchev–Trinajstić information content (AvgIpc) is 2.80. The van der Waals surface area contributed by atoms with Crippen molar-refractivity contribution in [1.29, 1.82) is 0 Å². The van der Waals surface area contributed by atoms with Gasteiger partial charge in [-0.15, -0.1) is 4.98 Å². The van der Waals surface area contributed by atoms with Crippen LogP contribution in [0.25, 0.3) is 0 Å². The van der Waals surface area contributed by atoms with Crippen LogP contribution in [0.4, 0.5) is 14.7 Å². The molecule has 0 saturated carbocycles. The van der Waals surface area contributed by atoms with Gasteiger partial charge in [0.25, 0.3) is 0 Å². The van der Waals surface area contributed by atoms with Crippen molar-refractivity contribution in [1.82, 2.24) is 25.6 Å². The minimum atomic E-state index is -1.01. The Labute approximate surface area is 189 Å². The monoisotopic (exact) mass is 464 g/mol. The molecule has 2 N–H and O–H groups in total. The third-order valence-corrected chi connectivity index (χ3v) is 5.19. The number of benzene rings is 1. The first-order valence-electron chi connectivity index (χ1n) is 10.4. The molecule has 0 aliphatic carbocycles. The molecule has 2 amide bonds. The highest BCUT2D eigenvalue weighted by Gasteiger charge is 2.27. The van der Waals surface area contributed by atoms with Crippen LogP contribution in [-0.2, 0) is 16.0 Å². The van der Waals surface area contributed by atoms with Gasteiger partial charge in [0.1, 0.15) is 6.04 Å². The van der Waals surface area contributed by atoms with Crippen LogP contribution >= 0.6 is 0 Å². The van der Waals surface area contributed by atoms with Crippen molar-refractivity contribution in [2.24, 2.45) is 0 Å². The van der Waals surface area contributed by atoms with Crippen LogP contribution in [0.2, 0.25) is 0 Å². The van der Waals surface area contributed by atoms with Crippen molar-refractivity contribution in [3.05, 3.63) is 35.4 Å². The smallest absolute Gasteiger partial charge is 0.324 e. The minimum Gasteiger partial charge on any atom is -0.467 e. The van der Waals surface area contributed by atoms with Crippen LogP contribution in [0, 0.1) is 11.6 Å².